The fourth-order valence-electron chi connectivity index (χ4n) is 2.87. The predicted molar refractivity (Wildman–Crippen MR) is 104 cm³/mol. The van der Waals surface area contributed by atoms with Gasteiger partial charge in [0, 0.05) is 5.92 Å². The minimum Gasteiger partial charge on any atom is -0.466 e. The van der Waals surface area contributed by atoms with E-state index in [1.54, 1.807) is 13.0 Å². The number of hydrogen-bond donors (Lipinski definition) is 0. The topological polar surface area (TPSA) is 52.6 Å². The maximum atomic E-state index is 12.5. The van der Waals surface area contributed by atoms with Crippen LogP contribution in [0.25, 0.3) is 0 Å². The summed E-state index contributed by atoms with van der Waals surface area (Å²) < 4.78 is 11.7. The molecule has 3 atom stereocenters. The number of allylic oxidation sites excluding steroid dienone is 2. The van der Waals surface area contributed by atoms with Gasteiger partial charge in [-0.2, -0.15) is 0 Å². The monoisotopic (exact) mass is 366 g/mol. The van der Waals surface area contributed by atoms with Gasteiger partial charge in [-0.05, 0) is 49.9 Å². The van der Waals surface area contributed by atoms with Crippen LogP contribution in [0.1, 0.15) is 47.0 Å². The van der Waals surface area contributed by atoms with Crippen LogP contribution in [0.15, 0.2) is 24.8 Å². The first-order valence-electron chi connectivity index (χ1n) is 9.20. The van der Waals surface area contributed by atoms with E-state index in [1.807, 2.05) is 12.2 Å². The molecular weight excluding hydrogens is 332 g/mol. The van der Waals surface area contributed by atoms with Crippen molar-refractivity contribution in [3.8, 4) is 0 Å². The second-order valence-corrected chi connectivity index (χ2v) is 13.0. The predicted octanol–water partition coefficient (Wildman–Crippen LogP) is 4.67. The van der Waals surface area contributed by atoms with E-state index >= 15 is 0 Å². The van der Waals surface area contributed by atoms with E-state index in [1.165, 1.54) is 0 Å². The van der Waals surface area contributed by atoms with Crippen molar-refractivity contribution in [1.82, 2.24) is 0 Å². The summed E-state index contributed by atoms with van der Waals surface area (Å²) in [6.07, 6.45) is 6.89. The Bertz CT molecular complexity index is 516. The lowest BCUT2D eigenvalue weighted by atomic mass is 9.76. The highest BCUT2D eigenvalue weighted by atomic mass is 28.4. The maximum absolute atomic E-state index is 12.5. The van der Waals surface area contributed by atoms with Gasteiger partial charge in [0.25, 0.3) is 0 Å². The number of hydrogen-bond acceptors (Lipinski definition) is 4. The highest BCUT2D eigenvalue weighted by Gasteiger charge is 2.44. The minimum atomic E-state index is -1.98. The first kappa shape index (κ1) is 21.8. The lowest BCUT2D eigenvalue weighted by Crippen LogP contribution is -2.48. The molecule has 0 amide bonds. The molecule has 0 spiro atoms. The van der Waals surface area contributed by atoms with Crippen LogP contribution in [0.3, 0.4) is 0 Å². The Balaban J connectivity index is 3.05. The molecule has 142 valence electrons. The van der Waals surface area contributed by atoms with Crippen LogP contribution >= 0.6 is 0 Å². The van der Waals surface area contributed by atoms with E-state index in [-0.39, 0.29) is 41.2 Å². The molecule has 1 rings (SSSR count). The van der Waals surface area contributed by atoms with Crippen molar-refractivity contribution in [1.29, 1.82) is 0 Å². The molecule has 0 aromatic rings. The fraction of sp³-hybridized carbons (Fsp3) is 0.700. The molecule has 1 aliphatic carbocycles. The van der Waals surface area contributed by atoms with Crippen LogP contribution in [0.5, 0.6) is 0 Å². The van der Waals surface area contributed by atoms with Gasteiger partial charge >= 0.3 is 5.97 Å². The van der Waals surface area contributed by atoms with Crippen molar-refractivity contribution in [2.24, 2.45) is 11.8 Å². The van der Waals surface area contributed by atoms with Crippen molar-refractivity contribution in [3.63, 3.8) is 0 Å². The summed E-state index contributed by atoms with van der Waals surface area (Å²) in [5.74, 6) is -0.712. The third kappa shape index (κ3) is 5.92. The third-order valence-corrected chi connectivity index (χ3v) is 9.86. The molecule has 0 heterocycles. The standard InChI is InChI=1S/C20H34O4Si/c1-8-10-11-15-16(14-19(22)23-9-2)17(21)12-13-18(15)24-25(6,7)20(3,4)5/h8,12-13,15-16,18H,1,9-11,14H2,2-7H3/t15-,16-,18-/m1/s1. The van der Waals surface area contributed by atoms with Gasteiger partial charge in [-0.1, -0.05) is 32.9 Å². The molecule has 0 aromatic heterocycles. The second-order valence-electron chi connectivity index (χ2n) is 8.25. The van der Waals surface area contributed by atoms with Gasteiger partial charge in [0.2, 0.25) is 0 Å². The summed E-state index contributed by atoms with van der Waals surface area (Å²) in [4.78, 5) is 24.4. The van der Waals surface area contributed by atoms with Crippen LogP contribution in [0.2, 0.25) is 18.1 Å². The van der Waals surface area contributed by atoms with Gasteiger partial charge in [-0.3, -0.25) is 9.59 Å². The van der Waals surface area contributed by atoms with Gasteiger partial charge in [0.1, 0.15) is 0 Å². The number of rotatable bonds is 8. The van der Waals surface area contributed by atoms with Crippen LogP contribution in [-0.2, 0) is 18.8 Å². The fourth-order valence-corrected chi connectivity index (χ4v) is 4.15. The van der Waals surface area contributed by atoms with Crippen molar-refractivity contribution in [3.05, 3.63) is 24.8 Å². The maximum Gasteiger partial charge on any atom is 0.306 e. The molecular formula is C20H34O4Si. The summed E-state index contributed by atoms with van der Waals surface area (Å²) in [5, 5.41) is 0.0852. The zero-order valence-electron chi connectivity index (χ0n) is 16.6. The highest BCUT2D eigenvalue weighted by molar-refractivity contribution is 6.74. The Morgan fingerprint density at radius 2 is 2.00 bits per heavy atom. The summed E-state index contributed by atoms with van der Waals surface area (Å²) in [6, 6.07) is 0. The first-order valence-corrected chi connectivity index (χ1v) is 12.1. The van der Waals surface area contributed by atoms with Crippen molar-refractivity contribution in [2.45, 2.75) is 71.2 Å². The zero-order chi connectivity index (χ0) is 19.3. The van der Waals surface area contributed by atoms with E-state index in [2.05, 4.69) is 40.4 Å². The number of ether oxygens (including phenoxy) is 1. The van der Waals surface area contributed by atoms with Crippen LogP contribution in [0, 0.1) is 11.8 Å². The van der Waals surface area contributed by atoms with Gasteiger partial charge in [0.05, 0.1) is 19.1 Å². The molecule has 4 nitrogen and oxygen atoms in total. The summed E-state index contributed by atoms with van der Waals surface area (Å²) >= 11 is 0. The molecule has 0 bridgehead atoms. The van der Waals surface area contributed by atoms with E-state index in [4.69, 9.17) is 9.16 Å². The van der Waals surface area contributed by atoms with Crippen molar-refractivity contribution >= 4 is 20.1 Å². The molecule has 0 unspecified atom stereocenters. The third-order valence-electron chi connectivity index (χ3n) is 5.39. The lowest BCUT2D eigenvalue weighted by Gasteiger charge is -2.43. The van der Waals surface area contributed by atoms with E-state index in [0.29, 0.717) is 6.61 Å². The number of esters is 1. The van der Waals surface area contributed by atoms with Crippen LogP contribution in [0.4, 0.5) is 0 Å². The Labute approximate surface area is 153 Å². The second kappa shape index (κ2) is 8.95. The SMILES string of the molecule is C=CCC[C@H]1[C@H](O[Si](C)(C)C(C)(C)C)C=CC(=O)[C@@H]1CC(=O)OCC. The average Bonchev–Trinajstić information content (AvgIpc) is 2.48. The molecule has 0 saturated carbocycles. The molecule has 0 radical (unpaired) electrons. The Morgan fingerprint density at radius 3 is 2.52 bits per heavy atom. The Kier molecular flexibility index (Phi) is 7.81. The molecule has 0 N–H and O–H groups in total. The molecule has 0 aliphatic heterocycles. The van der Waals surface area contributed by atoms with E-state index in [9.17, 15) is 9.59 Å². The molecule has 0 aromatic carbocycles. The first-order chi connectivity index (χ1) is 11.5. The number of carbonyl (C=O) groups is 2. The van der Waals surface area contributed by atoms with Gasteiger partial charge in [-0.15, -0.1) is 6.58 Å². The number of carbonyl (C=O) groups excluding carboxylic acids is 2. The Hall–Kier alpha value is -1.20. The molecule has 0 fully saturated rings. The zero-order valence-corrected chi connectivity index (χ0v) is 17.6. The normalized spacial score (nSPS) is 24.2. The van der Waals surface area contributed by atoms with E-state index < -0.39 is 8.32 Å². The smallest absolute Gasteiger partial charge is 0.306 e. The van der Waals surface area contributed by atoms with E-state index in [0.717, 1.165) is 12.8 Å². The number of ketones is 1. The van der Waals surface area contributed by atoms with Gasteiger partial charge < -0.3 is 9.16 Å². The van der Waals surface area contributed by atoms with Crippen molar-refractivity contribution < 1.29 is 18.8 Å². The molecule has 0 saturated heterocycles. The minimum absolute atomic E-state index is 0.00260. The van der Waals surface area contributed by atoms with Gasteiger partial charge in [0.15, 0.2) is 14.1 Å². The van der Waals surface area contributed by atoms with Crippen molar-refractivity contribution in [2.75, 3.05) is 6.61 Å². The Morgan fingerprint density at radius 1 is 1.36 bits per heavy atom. The molecule has 5 heteroatoms. The molecule has 25 heavy (non-hydrogen) atoms. The lowest BCUT2D eigenvalue weighted by molar-refractivity contribution is -0.147. The largest absolute Gasteiger partial charge is 0.466 e. The highest BCUT2D eigenvalue weighted by Crippen LogP contribution is 2.41. The quantitative estimate of drug-likeness (QED) is 0.356. The van der Waals surface area contributed by atoms with Crippen LogP contribution < -0.4 is 0 Å². The molecule has 1 aliphatic rings. The van der Waals surface area contributed by atoms with Gasteiger partial charge in [-0.25, -0.2) is 0 Å². The summed E-state index contributed by atoms with van der Waals surface area (Å²) in [5.41, 5.74) is 0. The average molecular weight is 367 g/mol. The summed E-state index contributed by atoms with van der Waals surface area (Å²) in [6.45, 7) is 16.9. The van der Waals surface area contributed by atoms with Crippen LogP contribution in [-0.4, -0.2) is 32.8 Å². The summed E-state index contributed by atoms with van der Waals surface area (Å²) in [7, 11) is -1.98.